The molecule has 0 saturated heterocycles. The highest BCUT2D eigenvalue weighted by atomic mass is 35.5. The number of halogens is 1. The summed E-state index contributed by atoms with van der Waals surface area (Å²) in [5.74, 6) is 1.50. The summed E-state index contributed by atoms with van der Waals surface area (Å²) in [6.45, 7) is 3.78. The summed E-state index contributed by atoms with van der Waals surface area (Å²) in [5, 5.41) is 17.6. The van der Waals surface area contributed by atoms with Crippen LogP contribution in [0, 0.1) is 0 Å². The van der Waals surface area contributed by atoms with E-state index in [0.29, 0.717) is 29.0 Å². The lowest BCUT2D eigenvalue weighted by molar-refractivity contribution is 0.199. The van der Waals surface area contributed by atoms with Gasteiger partial charge in [-0.2, -0.15) is 0 Å². The first kappa shape index (κ1) is 13.8. The van der Waals surface area contributed by atoms with E-state index in [4.69, 9.17) is 20.8 Å². The fourth-order valence-electron chi connectivity index (χ4n) is 1.52. The van der Waals surface area contributed by atoms with Gasteiger partial charge in [0.2, 0.25) is 5.89 Å². The third kappa shape index (κ3) is 3.45. The van der Waals surface area contributed by atoms with Crippen molar-refractivity contribution in [3.05, 3.63) is 40.6 Å². The van der Waals surface area contributed by atoms with Crippen molar-refractivity contribution in [3.63, 3.8) is 0 Å². The zero-order valence-corrected chi connectivity index (χ0v) is 11.5. The summed E-state index contributed by atoms with van der Waals surface area (Å²) in [6, 6.07) is 5.14. The van der Waals surface area contributed by atoms with Crippen LogP contribution in [0.25, 0.3) is 0 Å². The molecule has 0 unspecified atom stereocenters. The maximum atomic E-state index is 9.44. The Morgan fingerprint density at radius 3 is 2.68 bits per heavy atom. The van der Waals surface area contributed by atoms with Crippen LogP contribution in [0.15, 0.2) is 22.6 Å². The fraction of sp³-hybridized carbons (Fsp3) is 0.385. The maximum absolute atomic E-state index is 9.44. The highest BCUT2D eigenvalue weighted by molar-refractivity contribution is 6.32. The van der Waals surface area contributed by atoms with Crippen molar-refractivity contribution in [1.29, 1.82) is 0 Å². The highest BCUT2D eigenvalue weighted by Crippen LogP contribution is 2.28. The predicted molar refractivity (Wildman–Crippen MR) is 70.1 cm³/mol. The molecule has 2 aromatic rings. The van der Waals surface area contributed by atoms with Gasteiger partial charge < -0.3 is 14.3 Å². The van der Waals surface area contributed by atoms with Crippen molar-refractivity contribution >= 4 is 11.6 Å². The number of aromatic nitrogens is 2. The molecular formula is C13H15ClN2O3. The highest BCUT2D eigenvalue weighted by Gasteiger charge is 2.09. The zero-order valence-electron chi connectivity index (χ0n) is 10.8. The van der Waals surface area contributed by atoms with Crippen LogP contribution in [0.2, 0.25) is 5.02 Å². The molecule has 102 valence electrons. The van der Waals surface area contributed by atoms with Crippen LogP contribution in [0.1, 0.15) is 37.3 Å². The summed E-state index contributed by atoms with van der Waals surface area (Å²) < 4.78 is 10.8. The van der Waals surface area contributed by atoms with Gasteiger partial charge in [-0.3, -0.25) is 0 Å². The molecule has 0 saturated carbocycles. The van der Waals surface area contributed by atoms with Gasteiger partial charge >= 0.3 is 0 Å². The molecule has 0 aliphatic carbocycles. The van der Waals surface area contributed by atoms with Gasteiger partial charge in [0.1, 0.15) is 5.75 Å². The second-order valence-corrected chi connectivity index (χ2v) is 4.50. The Kier molecular flexibility index (Phi) is 4.39. The Hall–Kier alpha value is -1.59. The molecule has 6 heteroatoms. The minimum absolute atomic E-state index is 0.167. The van der Waals surface area contributed by atoms with E-state index in [1.807, 2.05) is 6.92 Å². The molecule has 0 aliphatic rings. The molecule has 0 radical (unpaired) electrons. The third-order valence-electron chi connectivity index (χ3n) is 2.60. The monoisotopic (exact) mass is 282 g/mol. The number of ether oxygens (including phenoxy) is 1. The first-order valence-electron chi connectivity index (χ1n) is 6.01. The Bertz CT molecular complexity index is 555. The van der Waals surface area contributed by atoms with Gasteiger partial charge in [-0.05, 0) is 24.6 Å². The molecule has 1 heterocycles. The minimum atomic E-state index is -0.561. The van der Waals surface area contributed by atoms with Crippen LogP contribution in [-0.4, -0.2) is 15.3 Å². The molecule has 2 rings (SSSR count). The number of hydrogen-bond acceptors (Lipinski definition) is 5. The largest absolute Gasteiger partial charge is 0.482 e. The van der Waals surface area contributed by atoms with Crippen LogP contribution in [0.4, 0.5) is 0 Å². The van der Waals surface area contributed by atoms with E-state index >= 15 is 0 Å². The maximum Gasteiger partial charge on any atom is 0.253 e. The molecule has 0 spiro atoms. The molecule has 5 nitrogen and oxygen atoms in total. The number of hydrogen-bond donors (Lipinski definition) is 1. The predicted octanol–water partition coefficient (Wildman–Crippen LogP) is 2.92. The zero-order chi connectivity index (χ0) is 13.8. The van der Waals surface area contributed by atoms with E-state index in [9.17, 15) is 5.11 Å². The van der Waals surface area contributed by atoms with Crippen molar-refractivity contribution in [3.8, 4) is 5.75 Å². The van der Waals surface area contributed by atoms with Gasteiger partial charge in [0, 0.05) is 6.42 Å². The molecule has 1 aromatic heterocycles. The van der Waals surface area contributed by atoms with E-state index in [1.165, 1.54) is 0 Å². The van der Waals surface area contributed by atoms with E-state index in [-0.39, 0.29) is 6.61 Å². The van der Waals surface area contributed by atoms with E-state index in [2.05, 4.69) is 10.2 Å². The SMILES string of the molecule is CCc1nnc(COc2ccc([C@H](C)O)cc2Cl)o1. The minimum Gasteiger partial charge on any atom is -0.482 e. The summed E-state index contributed by atoms with van der Waals surface area (Å²) in [4.78, 5) is 0. The molecule has 0 aliphatic heterocycles. The van der Waals surface area contributed by atoms with Gasteiger partial charge in [0.15, 0.2) is 6.61 Å². The summed E-state index contributed by atoms with van der Waals surface area (Å²) in [6.07, 6.45) is 0.131. The van der Waals surface area contributed by atoms with Gasteiger partial charge in [-0.25, -0.2) is 0 Å². The molecular weight excluding hydrogens is 268 g/mol. The average molecular weight is 283 g/mol. The molecule has 1 aromatic carbocycles. The molecule has 1 N–H and O–H groups in total. The standard InChI is InChI=1S/C13H15ClN2O3/c1-3-12-15-16-13(19-12)7-18-11-5-4-9(8(2)17)6-10(11)14/h4-6,8,17H,3,7H2,1-2H3/t8-/m0/s1. The Balaban J connectivity index is 2.03. The molecule has 0 amide bonds. The average Bonchev–Trinajstić information content (AvgIpc) is 2.85. The quantitative estimate of drug-likeness (QED) is 0.913. The molecule has 1 atom stereocenters. The summed E-state index contributed by atoms with van der Waals surface area (Å²) in [5.41, 5.74) is 0.739. The van der Waals surface area contributed by atoms with Crippen molar-refractivity contribution in [2.24, 2.45) is 0 Å². The second-order valence-electron chi connectivity index (χ2n) is 4.10. The summed E-state index contributed by atoms with van der Waals surface area (Å²) in [7, 11) is 0. The van der Waals surface area contributed by atoms with Crippen molar-refractivity contribution < 1.29 is 14.3 Å². The van der Waals surface area contributed by atoms with E-state index in [0.717, 1.165) is 5.56 Å². The lowest BCUT2D eigenvalue weighted by atomic mass is 10.1. The first-order valence-corrected chi connectivity index (χ1v) is 6.39. The van der Waals surface area contributed by atoms with Gasteiger partial charge in [0.05, 0.1) is 11.1 Å². The van der Waals surface area contributed by atoms with Crippen LogP contribution in [0.3, 0.4) is 0 Å². The first-order chi connectivity index (χ1) is 9.10. The lowest BCUT2D eigenvalue weighted by Gasteiger charge is -2.09. The number of rotatable bonds is 5. The molecule has 0 bridgehead atoms. The van der Waals surface area contributed by atoms with Gasteiger partial charge in [-0.15, -0.1) is 10.2 Å². The fourth-order valence-corrected chi connectivity index (χ4v) is 1.77. The smallest absolute Gasteiger partial charge is 0.253 e. The summed E-state index contributed by atoms with van der Waals surface area (Å²) >= 11 is 6.07. The Morgan fingerprint density at radius 2 is 2.11 bits per heavy atom. The third-order valence-corrected chi connectivity index (χ3v) is 2.90. The van der Waals surface area contributed by atoms with Gasteiger partial charge in [-0.1, -0.05) is 24.6 Å². The lowest BCUT2D eigenvalue weighted by Crippen LogP contribution is -1.98. The Morgan fingerprint density at radius 1 is 1.37 bits per heavy atom. The van der Waals surface area contributed by atoms with E-state index < -0.39 is 6.10 Å². The number of nitrogens with zero attached hydrogens (tertiary/aromatic N) is 2. The normalized spacial score (nSPS) is 12.4. The number of benzene rings is 1. The van der Waals surface area contributed by atoms with Crippen LogP contribution >= 0.6 is 11.6 Å². The van der Waals surface area contributed by atoms with Crippen LogP contribution in [0.5, 0.6) is 5.75 Å². The van der Waals surface area contributed by atoms with Crippen LogP contribution in [-0.2, 0) is 13.0 Å². The van der Waals surface area contributed by atoms with Crippen molar-refractivity contribution in [2.45, 2.75) is 33.0 Å². The second kappa shape index (κ2) is 6.04. The number of aryl methyl sites for hydroxylation is 1. The molecule has 19 heavy (non-hydrogen) atoms. The van der Waals surface area contributed by atoms with Crippen LogP contribution < -0.4 is 4.74 Å². The van der Waals surface area contributed by atoms with E-state index in [1.54, 1.807) is 25.1 Å². The number of aliphatic hydroxyl groups is 1. The topological polar surface area (TPSA) is 68.4 Å². The Labute approximate surface area is 116 Å². The number of aliphatic hydroxyl groups excluding tert-OH is 1. The van der Waals surface area contributed by atoms with Crippen molar-refractivity contribution in [1.82, 2.24) is 10.2 Å². The van der Waals surface area contributed by atoms with Crippen molar-refractivity contribution in [2.75, 3.05) is 0 Å². The van der Waals surface area contributed by atoms with Gasteiger partial charge in [0.25, 0.3) is 5.89 Å². The molecule has 0 fully saturated rings.